The highest BCUT2D eigenvalue weighted by molar-refractivity contribution is 6.31. The largest absolute Gasteiger partial charge is 0.273 e. The molecular weight excluding hydrogens is 400 g/mol. The Morgan fingerprint density at radius 1 is 0.800 bits per heavy atom. The minimum absolute atomic E-state index is 0.265. The van der Waals surface area contributed by atoms with Gasteiger partial charge in [-0.15, -0.1) is 0 Å². The van der Waals surface area contributed by atoms with Gasteiger partial charge >= 0.3 is 0 Å². The van der Waals surface area contributed by atoms with Gasteiger partial charge in [-0.1, -0.05) is 54.1 Å². The van der Waals surface area contributed by atoms with Gasteiger partial charge < -0.3 is 0 Å². The van der Waals surface area contributed by atoms with Gasteiger partial charge in [0.1, 0.15) is 5.92 Å². The molecule has 3 aromatic rings. The van der Waals surface area contributed by atoms with Crippen molar-refractivity contribution < 1.29 is 14.4 Å². The van der Waals surface area contributed by atoms with Gasteiger partial charge in [0.25, 0.3) is 5.91 Å². The van der Waals surface area contributed by atoms with Crippen LogP contribution in [0.4, 0.5) is 11.4 Å². The molecule has 0 N–H and O–H groups in total. The summed E-state index contributed by atoms with van der Waals surface area (Å²) < 4.78 is 0. The Hall–Kier alpha value is -3.15. The molecule has 0 saturated carbocycles. The highest BCUT2D eigenvalue weighted by Crippen LogP contribution is 2.48. The molecule has 2 aliphatic rings. The predicted octanol–water partition coefficient (Wildman–Crippen LogP) is 4.70. The molecule has 0 aliphatic carbocycles. The lowest BCUT2D eigenvalue weighted by Crippen LogP contribution is -2.37. The highest BCUT2D eigenvalue weighted by Gasteiger charge is 2.60. The van der Waals surface area contributed by atoms with Crippen LogP contribution < -0.4 is 9.96 Å². The number of carbonyl (C=O) groups is 2. The summed E-state index contributed by atoms with van der Waals surface area (Å²) in [7, 11) is 0. The standard InChI is InChI=1S/C24H19ClN2O3/c1-15-7-5-6-10-19(15)21-20-22(30-27(21)18-8-3-2-4-9-18)24(29)26(23(20)28)17-13-11-16(25)12-14-17/h2-14,20-22H,1H3/t20-,21+,22-/m0/s1. The van der Waals surface area contributed by atoms with Crippen molar-refractivity contribution in [3.8, 4) is 0 Å². The first-order chi connectivity index (χ1) is 14.6. The summed E-state index contributed by atoms with van der Waals surface area (Å²) in [4.78, 5) is 34.1. The number of hydroxylamine groups is 1. The van der Waals surface area contributed by atoms with Crippen molar-refractivity contribution in [3.63, 3.8) is 0 Å². The Morgan fingerprint density at radius 2 is 1.47 bits per heavy atom. The first-order valence-electron chi connectivity index (χ1n) is 9.76. The normalized spacial score (nSPS) is 23.2. The molecule has 6 heteroatoms. The van der Waals surface area contributed by atoms with Gasteiger partial charge in [0.05, 0.1) is 17.4 Å². The van der Waals surface area contributed by atoms with Crippen LogP contribution in [0.1, 0.15) is 17.2 Å². The molecule has 0 bridgehead atoms. The van der Waals surface area contributed by atoms with E-state index in [1.807, 2.05) is 61.5 Å². The lowest BCUT2D eigenvalue weighted by Gasteiger charge is -2.29. The van der Waals surface area contributed by atoms with Crippen LogP contribution in [0.5, 0.6) is 0 Å². The fraction of sp³-hybridized carbons (Fsp3) is 0.167. The minimum Gasteiger partial charge on any atom is -0.273 e. The van der Waals surface area contributed by atoms with Crippen molar-refractivity contribution in [3.05, 3.63) is 95.0 Å². The number of aryl methyl sites for hydroxylation is 1. The first kappa shape index (κ1) is 18.9. The SMILES string of the molecule is Cc1ccccc1[C@@H]1[C@@H]2C(=O)N(c3ccc(Cl)cc3)C(=O)[C@H]2ON1c1ccccc1. The number of hydrogen-bond donors (Lipinski definition) is 0. The van der Waals surface area contributed by atoms with Crippen molar-refractivity contribution in [1.29, 1.82) is 0 Å². The maximum atomic E-state index is 13.5. The second-order valence-corrected chi connectivity index (χ2v) is 7.94. The topological polar surface area (TPSA) is 49.9 Å². The number of amides is 2. The molecular formula is C24H19ClN2O3. The summed E-state index contributed by atoms with van der Waals surface area (Å²) in [5.74, 6) is -1.27. The van der Waals surface area contributed by atoms with E-state index in [0.29, 0.717) is 10.7 Å². The fourth-order valence-corrected chi connectivity index (χ4v) is 4.42. The average Bonchev–Trinajstić information content (AvgIpc) is 3.26. The summed E-state index contributed by atoms with van der Waals surface area (Å²) in [6.07, 6.45) is -0.877. The van der Waals surface area contributed by atoms with E-state index in [1.165, 1.54) is 4.90 Å². The number of nitrogens with zero attached hydrogens (tertiary/aromatic N) is 2. The van der Waals surface area contributed by atoms with E-state index in [1.54, 1.807) is 29.3 Å². The van der Waals surface area contributed by atoms with Gasteiger partial charge in [-0.3, -0.25) is 14.4 Å². The van der Waals surface area contributed by atoms with Gasteiger partial charge in [0, 0.05) is 5.02 Å². The van der Waals surface area contributed by atoms with Crippen LogP contribution in [0.2, 0.25) is 5.02 Å². The smallest absolute Gasteiger partial charge is 0.266 e. The third kappa shape index (κ3) is 2.90. The van der Waals surface area contributed by atoms with Crippen LogP contribution in [0.15, 0.2) is 78.9 Å². The van der Waals surface area contributed by atoms with E-state index in [0.717, 1.165) is 16.8 Å². The third-order valence-electron chi connectivity index (χ3n) is 5.72. The van der Waals surface area contributed by atoms with Crippen LogP contribution in [-0.4, -0.2) is 17.9 Å². The average molecular weight is 419 g/mol. The van der Waals surface area contributed by atoms with Gasteiger partial charge in [0.2, 0.25) is 5.91 Å². The third-order valence-corrected chi connectivity index (χ3v) is 5.97. The van der Waals surface area contributed by atoms with Crippen molar-refractivity contribution >= 4 is 34.8 Å². The van der Waals surface area contributed by atoms with Crippen molar-refractivity contribution in [2.45, 2.75) is 19.1 Å². The predicted molar refractivity (Wildman–Crippen MR) is 115 cm³/mol. The Balaban J connectivity index is 1.60. The number of imide groups is 1. The second-order valence-electron chi connectivity index (χ2n) is 7.50. The van der Waals surface area contributed by atoms with Crippen LogP contribution in [0.25, 0.3) is 0 Å². The molecule has 3 aromatic carbocycles. The first-order valence-corrected chi connectivity index (χ1v) is 10.1. The zero-order valence-electron chi connectivity index (χ0n) is 16.2. The molecule has 5 nitrogen and oxygen atoms in total. The summed E-state index contributed by atoms with van der Waals surface area (Å²) in [6, 6.07) is 23.7. The van der Waals surface area contributed by atoms with Crippen LogP contribution in [0.3, 0.4) is 0 Å². The number of rotatable bonds is 3. The van der Waals surface area contributed by atoms with Gasteiger partial charge in [-0.2, -0.15) is 0 Å². The lowest BCUT2D eigenvalue weighted by molar-refractivity contribution is -0.126. The number of para-hydroxylation sites is 1. The molecule has 30 heavy (non-hydrogen) atoms. The van der Waals surface area contributed by atoms with E-state index in [4.69, 9.17) is 16.4 Å². The second kappa shape index (κ2) is 7.27. The molecule has 2 saturated heterocycles. The van der Waals surface area contributed by atoms with Crippen LogP contribution in [0, 0.1) is 12.8 Å². The summed E-state index contributed by atoms with van der Waals surface area (Å²) >= 11 is 5.97. The number of carbonyl (C=O) groups excluding carboxylic acids is 2. The van der Waals surface area contributed by atoms with E-state index in [-0.39, 0.29) is 11.8 Å². The molecule has 2 heterocycles. The molecule has 150 valence electrons. The Labute approximate surface area is 179 Å². The molecule has 0 unspecified atom stereocenters. The number of benzene rings is 3. The van der Waals surface area contributed by atoms with Crippen molar-refractivity contribution in [2.75, 3.05) is 9.96 Å². The van der Waals surface area contributed by atoms with Crippen LogP contribution >= 0.6 is 11.6 Å². The summed E-state index contributed by atoms with van der Waals surface area (Å²) in [5.41, 5.74) is 3.31. The molecule has 0 spiro atoms. The van der Waals surface area contributed by atoms with Gasteiger partial charge in [0.15, 0.2) is 6.10 Å². The monoisotopic (exact) mass is 418 g/mol. The van der Waals surface area contributed by atoms with E-state index >= 15 is 0 Å². The zero-order valence-corrected chi connectivity index (χ0v) is 17.0. The van der Waals surface area contributed by atoms with Gasteiger partial charge in [-0.25, -0.2) is 9.96 Å². The van der Waals surface area contributed by atoms with Gasteiger partial charge in [-0.05, 0) is 54.4 Å². The lowest BCUT2D eigenvalue weighted by atomic mass is 9.88. The van der Waals surface area contributed by atoms with E-state index < -0.39 is 18.1 Å². The summed E-state index contributed by atoms with van der Waals surface area (Å²) in [6.45, 7) is 2.00. The maximum Gasteiger partial charge on any atom is 0.266 e. The highest BCUT2D eigenvalue weighted by atomic mass is 35.5. The molecule has 3 atom stereocenters. The van der Waals surface area contributed by atoms with E-state index in [2.05, 4.69) is 0 Å². The number of fused-ring (bicyclic) bond motifs is 1. The molecule has 5 rings (SSSR count). The molecule has 2 aliphatic heterocycles. The fourth-order valence-electron chi connectivity index (χ4n) is 4.29. The molecule has 2 fully saturated rings. The molecule has 2 amide bonds. The Bertz CT molecular complexity index is 1120. The molecule has 0 radical (unpaired) electrons. The number of halogens is 1. The van der Waals surface area contributed by atoms with Crippen molar-refractivity contribution in [2.24, 2.45) is 5.92 Å². The number of hydrogen-bond acceptors (Lipinski definition) is 4. The zero-order chi connectivity index (χ0) is 20.8. The summed E-state index contributed by atoms with van der Waals surface area (Å²) in [5, 5.41) is 2.26. The quantitative estimate of drug-likeness (QED) is 0.578. The maximum absolute atomic E-state index is 13.5. The van der Waals surface area contributed by atoms with E-state index in [9.17, 15) is 9.59 Å². The Morgan fingerprint density at radius 3 is 2.17 bits per heavy atom. The number of anilines is 2. The minimum atomic E-state index is -0.877. The Kier molecular flexibility index (Phi) is 4.57. The van der Waals surface area contributed by atoms with Crippen LogP contribution in [-0.2, 0) is 14.4 Å². The van der Waals surface area contributed by atoms with Crippen molar-refractivity contribution in [1.82, 2.24) is 0 Å². The molecule has 0 aromatic heterocycles.